The molecule has 0 heterocycles. The van der Waals surface area contributed by atoms with Crippen LogP contribution in [0.1, 0.15) is 64.7 Å². The lowest BCUT2D eigenvalue weighted by molar-refractivity contribution is -0.137. The molecule has 116 valence electrons. The van der Waals surface area contributed by atoms with E-state index >= 15 is 0 Å². The molecule has 1 rings (SSSR count). The number of aliphatic carboxylic acids is 1. The van der Waals surface area contributed by atoms with E-state index < -0.39 is 5.97 Å². The van der Waals surface area contributed by atoms with Gasteiger partial charge in [0.05, 0.1) is 0 Å². The SMILES string of the molecule is CCC(CCNC(=O)NC1CCCCC1)CCC(=O)O. The minimum absolute atomic E-state index is 0.0787. The first-order valence-electron chi connectivity index (χ1n) is 7.88. The summed E-state index contributed by atoms with van der Waals surface area (Å²) in [6.45, 7) is 2.69. The summed E-state index contributed by atoms with van der Waals surface area (Å²) in [5.41, 5.74) is 0. The summed E-state index contributed by atoms with van der Waals surface area (Å²) in [5, 5.41) is 14.6. The molecule has 1 fully saturated rings. The molecule has 5 nitrogen and oxygen atoms in total. The highest BCUT2D eigenvalue weighted by atomic mass is 16.4. The smallest absolute Gasteiger partial charge is 0.315 e. The summed E-state index contributed by atoms with van der Waals surface area (Å²) in [6, 6.07) is 0.253. The Morgan fingerprint density at radius 1 is 1.20 bits per heavy atom. The van der Waals surface area contributed by atoms with E-state index in [-0.39, 0.29) is 12.5 Å². The molecule has 0 saturated heterocycles. The van der Waals surface area contributed by atoms with E-state index in [1.54, 1.807) is 0 Å². The molecule has 2 amide bonds. The second-order valence-electron chi connectivity index (χ2n) is 5.73. The van der Waals surface area contributed by atoms with Gasteiger partial charge < -0.3 is 15.7 Å². The van der Waals surface area contributed by atoms with Crippen molar-refractivity contribution >= 4 is 12.0 Å². The number of carboxylic acid groups (broad SMARTS) is 1. The highest BCUT2D eigenvalue weighted by molar-refractivity contribution is 5.74. The molecule has 1 atom stereocenters. The van der Waals surface area contributed by atoms with Gasteiger partial charge in [0.15, 0.2) is 0 Å². The third kappa shape index (κ3) is 7.36. The van der Waals surface area contributed by atoms with Crippen molar-refractivity contribution in [1.82, 2.24) is 10.6 Å². The largest absolute Gasteiger partial charge is 0.481 e. The van der Waals surface area contributed by atoms with Crippen molar-refractivity contribution in [3.63, 3.8) is 0 Å². The van der Waals surface area contributed by atoms with Crippen LogP contribution in [0.5, 0.6) is 0 Å². The first kappa shape index (κ1) is 16.8. The quantitative estimate of drug-likeness (QED) is 0.641. The van der Waals surface area contributed by atoms with Gasteiger partial charge in [-0.2, -0.15) is 0 Å². The van der Waals surface area contributed by atoms with Crippen molar-refractivity contribution in [2.24, 2.45) is 5.92 Å². The van der Waals surface area contributed by atoms with Crippen LogP contribution in [0.15, 0.2) is 0 Å². The fourth-order valence-corrected chi connectivity index (χ4v) is 2.75. The fraction of sp³-hybridized carbons (Fsp3) is 0.867. The molecule has 0 radical (unpaired) electrons. The van der Waals surface area contributed by atoms with Crippen LogP contribution in [0.2, 0.25) is 0 Å². The zero-order valence-corrected chi connectivity index (χ0v) is 12.5. The van der Waals surface area contributed by atoms with E-state index in [4.69, 9.17) is 5.11 Å². The maximum absolute atomic E-state index is 11.7. The Morgan fingerprint density at radius 3 is 2.50 bits per heavy atom. The molecule has 1 unspecified atom stereocenters. The summed E-state index contributed by atoms with van der Waals surface area (Å²) in [6.07, 6.45) is 8.58. The number of amides is 2. The van der Waals surface area contributed by atoms with Gasteiger partial charge in [0.1, 0.15) is 0 Å². The van der Waals surface area contributed by atoms with Crippen molar-refractivity contribution in [2.75, 3.05) is 6.54 Å². The van der Waals surface area contributed by atoms with Gasteiger partial charge in [-0.1, -0.05) is 32.6 Å². The highest BCUT2D eigenvalue weighted by Crippen LogP contribution is 2.17. The van der Waals surface area contributed by atoms with Crippen LogP contribution in [0.4, 0.5) is 4.79 Å². The first-order valence-corrected chi connectivity index (χ1v) is 7.88. The Morgan fingerprint density at radius 2 is 1.90 bits per heavy atom. The predicted molar refractivity (Wildman–Crippen MR) is 78.7 cm³/mol. The lowest BCUT2D eigenvalue weighted by Gasteiger charge is -2.23. The van der Waals surface area contributed by atoms with Crippen molar-refractivity contribution in [2.45, 2.75) is 70.8 Å². The van der Waals surface area contributed by atoms with Crippen molar-refractivity contribution in [3.8, 4) is 0 Å². The minimum atomic E-state index is -0.744. The zero-order chi connectivity index (χ0) is 14.8. The van der Waals surface area contributed by atoms with Crippen LogP contribution in [0, 0.1) is 5.92 Å². The zero-order valence-electron chi connectivity index (χ0n) is 12.5. The highest BCUT2D eigenvalue weighted by Gasteiger charge is 2.15. The van der Waals surface area contributed by atoms with Crippen LogP contribution in [-0.4, -0.2) is 29.7 Å². The van der Waals surface area contributed by atoms with E-state index in [2.05, 4.69) is 17.6 Å². The average molecular weight is 284 g/mol. The molecule has 20 heavy (non-hydrogen) atoms. The van der Waals surface area contributed by atoms with Crippen LogP contribution in [0.3, 0.4) is 0 Å². The Kier molecular flexibility index (Phi) is 8.07. The molecule has 5 heteroatoms. The van der Waals surface area contributed by atoms with Crippen LogP contribution >= 0.6 is 0 Å². The van der Waals surface area contributed by atoms with Crippen molar-refractivity contribution < 1.29 is 14.7 Å². The van der Waals surface area contributed by atoms with Gasteiger partial charge in [0.25, 0.3) is 0 Å². The molecule has 3 N–H and O–H groups in total. The minimum Gasteiger partial charge on any atom is -0.481 e. The number of carbonyl (C=O) groups excluding carboxylic acids is 1. The Hall–Kier alpha value is -1.26. The number of carbonyl (C=O) groups is 2. The number of rotatable bonds is 8. The van der Waals surface area contributed by atoms with Gasteiger partial charge in [-0.15, -0.1) is 0 Å². The monoisotopic (exact) mass is 284 g/mol. The fourth-order valence-electron chi connectivity index (χ4n) is 2.75. The molecule has 0 bridgehead atoms. The molecule has 0 spiro atoms. The molecular formula is C15H28N2O3. The predicted octanol–water partition coefficient (Wildman–Crippen LogP) is 2.90. The molecule has 0 aromatic carbocycles. The summed E-state index contributed by atoms with van der Waals surface area (Å²) in [4.78, 5) is 22.3. The van der Waals surface area contributed by atoms with Crippen LogP contribution < -0.4 is 10.6 Å². The molecular weight excluding hydrogens is 256 g/mol. The molecule has 0 aromatic rings. The van der Waals surface area contributed by atoms with E-state index in [0.29, 0.717) is 24.9 Å². The van der Waals surface area contributed by atoms with E-state index in [1.165, 1.54) is 19.3 Å². The van der Waals surface area contributed by atoms with Gasteiger partial charge in [-0.25, -0.2) is 4.79 Å². The number of hydrogen-bond donors (Lipinski definition) is 3. The summed E-state index contributed by atoms with van der Waals surface area (Å²) < 4.78 is 0. The van der Waals surface area contributed by atoms with E-state index in [1.807, 2.05) is 0 Å². The van der Waals surface area contributed by atoms with Crippen LogP contribution in [-0.2, 0) is 4.79 Å². The second kappa shape index (κ2) is 9.61. The number of urea groups is 1. The average Bonchev–Trinajstić information content (AvgIpc) is 2.43. The Bertz CT molecular complexity index is 301. The lowest BCUT2D eigenvalue weighted by Crippen LogP contribution is -2.43. The molecule has 1 aliphatic carbocycles. The van der Waals surface area contributed by atoms with Gasteiger partial charge in [0, 0.05) is 19.0 Å². The standard InChI is InChI=1S/C15H28N2O3/c1-2-12(8-9-14(18)19)10-11-16-15(20)17-13-6-4-3-5-7-13/h12-13H,2-11H2,1H3,(H,18,19)(H2,16,17,20). The number of nitrogens with one attached hydrogen (secondary N) is 2. The van der Waals surface area contributed by atoms with Crippen molar-refractivity contribution in [1.29, 1.82) is 0 Å². The number of carboxylic acids is 1. The van der Waals surface area contributed by atoms with Crippen LogP contribution in [0.25, 0.3) is 0 Å². The third-order valence-corrected chi connectivity index (χ3v) is 4.12. The van der Waals surface area contributed by atoms with E-state index in [9.17, 15) is 9.59 Å². The first-order chi connectivity index (χ1) is 9.61. The Labute approximate surface area is 121 Å². The molecule has 0 aromatic heterocycles. The van der Waals surface area contributed by atoms with Gasteiger partial charge in [-0.3, -0.25) is 4.79 Å². The molecule has 1 saturated carbocycles. The topological polar surface area (TPSA) is 78.4 Å². The second-order valence-corrected chi connectivity index (χ2v) is 5.73. The number of hydrogen-bond acceptors (Lipinski definition) is 2. The maximum Gasteiger partial charge on any atom is 0.315 e. The van der Waals surface area contributed by atoms with Gasteiger partial charge in [0.2, 0.25) is 0 Å². The summed E-state index contributed by atoms with van der Waals surface area (Å²) in [5.74, 6) is -0.368. The summed E-state index contributed by atoms with van der Waals surface area (Å²) in [7, 11) is 0. The normalized spacial score (nSPS) is 17.4. The Balaban J connectivity index is 2.11. The maximum atomic E-state index is 11.7. The molecule has 0 aliphatic heterocycles. The summed E-state index contributed by atoms with van der Waals surface area (Å²) >= 11 is 0. The van der Waals surface area contributed by atoms with E-state index in [0.717, 1.165) is 25.7 Å². The molecule has 1 aliphatic rings. The van der Waals surface area contributed by atoms with Crippen molar-refractivity contribution in [3.05, 3.63) is 0 Å². The van der Waals surface area contributed by atoms with Gasteiger partial charge in [-0.05, 0) is 31.6 Å². The van der Waals surface area contributed by atoms with Gasteiger partial charge >= 0.3 is 12.0 Å². The third-order valence-electron chi connectivity index (χ3n) is 4.12. The lowest BCUT2D eigenvalue weighted by atomic mass is 9.95.